The van der Waals surface area contributed by atoms with E-state index < -0.39 is 0 Å². The normalized spacial score (nSPS) is 11.8. The van der Waals surface area contributed by atoms with Crippen molar-refractivity contribution >= 4 is 21.9 Å². The van der Waals surface area contributed by atoms with Crippen LogP contribution in [0.15, 0.2) is 16.6 Å². The molecule has 0 radical (unpaired) electrons. The Labute approximate surface area is 127 Å². The van der Waals surface area contributed by atoms with Crippen LogP contribution in [0.2, 0.25) is 0 Å². The van der Waals surface area contributed by atoms with Gasteiger partial charge >= 0.3 is 5.97 Å². The molecular weight excluding hydrogens is 326 g/mol. The molecule has 1 aromatic rings. The van der Waals surface area contributed by atoms with Gasteiger partial charge < -0.3 is 19.5 Å². The average molecular weight is 346 g/mol. The molecule has 0 saturated carbocycles. The number of rotatable bonds is 7. The maximum atomic E-state index is 11.5. The molecule has 0 spiro atoms. The van der Waals surface area contributed by atoms with Crippen molar-refractivity contribution in [3.63, 3.8) is 0 Å². The molecule has 1 rings (SSSR count). The molecule has 0 fully saturated rings. The van der Waals surface area contributed by atoms with Crippen molar-refractivity contribution in [1.29, 1.82) is 0 Å². The Balaban J connectivity index is 2.74. The van der Waals surface area contributed by atoms with Crippen LogP contribution in [-0.4, -0.2) is 32.8 Å². The van der Waals surface area contributed by atoms with E-state index in [1.54, 1.807) is 28.1 Å². The number of carbonyl (C=O) groups is 1. The molecule has 0 heterocycles. The van der Waals surface area contributed by atoms with Crippen LogP contribution < -0.4 is 14.8 Å². The highest BCUT2D eigenvalue weighted by molar-refractivity contribution is 9.10. The summed E-state index contributed by atoms with van der Waals surface area (Å²) < 4.78 is 16.3. The summed E-state index contributed by atoms with van der Waals surface area (Å²) in [5, 5.41) is 3.11. The Morgan fingerprint density at radius 1 is 1.35 bits per heavy atom. The van der Waals surface area contributed by atoms with Crippen molar-refractivity contribution < 1.29 is 19.0 Å². The lowest BCUT2D eigenvalue weighted by Crippen LogP contribution is -2.34. The number of esters is 1. The summed E-state index contributed by atoms with van der Waals surface area (Å²) >= 11 is 3.44. The van der Waals surface area contributed by atoms with Crippen molar-refractivity contribution in [3.05, 3.63) is 22.2 Å². The van der Waals surface area contributed by atoms with Crippen LogP contribution in [0.25, 0.3) is 0 Å². The predicted octanol–water partition coefficient (Wildman–Crippen LogP) is 2.51. The third kappa shape index (κ3) is 4.38. The summed E-state index contributed by atoms with van der Waals surface area (Å²) in [7, 11) is 3.17. The number of methoxy groups -OCH3 is 2. The van der Waals surface area contributed by atoms with Crippen molar-refractivity contribution in [1.82, 2.24) is 5.32 Å². The SMILES string of the molecule is CCOC(=O)C(C)NCc1cc(Br)c(OC)c(OC)c1. The second kappa shape index (κ2) is 8.11. The summed E-state index contributed by atoms with van der Waals surface area (Å²) in [4.78, 5) is 11.5. The maximum absolute atomic E-state index is 11.5. The van der Waals surface area contributed by atoms with Gasteiger partial charge in [0, 0.05) is 6.54 Å². The van der Waals surface area contributed by atoms with Crippen molar-refractivity contribution in [2.45, 2.75) is 26.4 Å². The minimum Gasteiger partial charge on any atom is -0.493 e. The molecule has 0 aliphatic rings. The lowest BCUT2D eigenvalue weighted by Gasteiger charge is -2.15. The minimum absolute atomic E-state index is 0.257. The molecule has 0 aromatic heterocycles. The second-order valence-corrected chi connectivity index (χ2v) is 5.02. The fraction of sp³-hybridized carbons (Fsp3) is 0.500. The number of hydrogen-bond acceptors (Lipinski definition) is 5. The van der Waals surface area contributed by atoms with Gasteiger partial charge in [-0.05, 0) is 47.5 Å². The van der Waals surface area contributed by atoms with Crippen LogP contribution in [0.4, 0.5) is 0 Å². The van der Waals surface area contributed by atoms with E-state index in [4.69, 9.17) is 14.2 Å². The van der Waals surface area contributed by atoms with Gasteiger partial charge in [0.15, 0.2) is 11.5 Å². The molecule has 1 atom stereocenters. The Morgan fingerprint density at radius 3 is 2.60 bits per heavy atom. The Morgan fingerprint density at radius 2 is 2.05 bits per heavy atom. The summed E-state index contributed by atoms with van der Waals surface area (Å²) in [6, 6.07) is 3.43. The van der Waals surface area contributed by atoms with Gasteiger partial charge in [-0.25, -0.2) is 0 Å². The van der Waals surface area contributed by atoms with Gasteiger partial charge in [-0.15, -0.1) is 0 Å². The van der Waals surface area contributed by atoms with E-state index in [1.807, 2.05) is 12.1 Å². The third-order valence-electron chi connectivity index (χ3n) is 2.75. The first-order chi connectivity index (χ1) is 9.53. The van der Waals surface area contributed by atoms with E-state index in [-0.39, 0.29) is 12.0 Å². The highest BCUT2D eigenvalue weighted by atomic mass is 79.9. The lowest BCUT2D eigenvalue weighted by molar-refractivity contribution is -0.145. The Bertz CT molecular complexity index is 465. The largest absolute Gasteiger partial charge is 0.493 e. The van der Waals surface area contributed by atoms with Gasteiger partial charge in [-0.2, -0.15) is 0 Å². The Hall–Kier alpha value is -1.27. The van der Waals surface area contributed by atoms with Gasteiger partial charge in [0.25, 0.3) is 0 Å². The smallest absolute Gasteiger partial charge is 0.322 e. The average Bonchev–Trinajstić information content (AvgIpc) is 2.44. The molecule has 0 aliphatic heterocycles. The minimum atomic E-state index is -0.359. The Kier molecular flexibility index (Phi) is 6.81. The molecule has 5 nitrogen and oxygen atoms in total. The topological polar surface area (TPSA) is 56.8 Å². The monoisotopic (exact) mass is 345 g/mol. The van der Waals surface area contributed by atoms with Gasteiger partial charge in [-0.1, -0.05) is 0 Å². The van der Waals surface area contributed by atoms with E-state index in [9.17, 15) is 4.79 Å². The molecule has 1 aromatic carbocycles. The zero-order valence-corrected chi connectivity index (χ0v) is 13.7. The number of hydrogen-bond donors (Lipinski definition) is 1. The number of nitrogens with one attached hydrogen (secondary N) is 1. The maximum Gasteiger partial charge on any atom is 0.322 e. The highest BCUT2D eigenvalue weighted by Gasteiger charge is 2.15. The first-order valence-electron chi connectivity index (χ1n) is 6.33. The molecule has 0 amide bonds. The molecule has 0 saturated heterocycles. The quantitative estimate of drug-likeness (QED) is 0.769. The number of carbonyl (C=O) groups excluding carboxylic acids is 1. The molecule has 0 aliphatic carbocycles. The number of halogens is 1. The molecule has 6 heteroatoms. The fourth-order valence-electron chi connectivity index (χ4n) is 1.69. The highest BCUT2D eigenvalue weighted by Crippen LogP contribution is 2.36. The first kappa shape index (κ1) is 16.8. The first-order valence-corrected chi connectivity index (χ1v) is 7.13. The van der Waals surface area contributed by atoms with E-state index in [0.29, 0.717) is 24.7 Å². The molecule has 20 heavy (non-hydrogen) atoms. The van der Waals surface area contributed by atoms with Crippen molar-refractivity contribution in [2.75, 3.05) is 20.8 Å². The standard InChI is InChI=1S/C14H20BrNO4/c1-5-20-14(17)9(2)16-8-10-6-11(15)13(19-4)12(7-10)18-3/h6-7,9,16H,5,8H2,1-4H3. The van der Waals surface area contributed by atoms with E-state index >= 15 is 0 Å². The van der Waals surface area contributed by atoms with Crippen molar-refractivity contribution in [2.24, 2.45) is 0 Å². The second-order valence-electron chi connectivity index (χ2n) is 4.17. The van der Waals surface area contributed by atoms with Gasteiger partial charge in [0.1, 0.15) is 6.04 Å². The summed E-state index contributed by atoms with van der Waals surface area (Å²) in [5.41, 5.74) is 0.977. The lowest BCUT2D eigenvalue weighted by atomic mass is 10.2. The molecule has 1 N–H and O–H groups in total. The molecule has 112 valence electrons. The van der Waals surface area contributed by atoms with Crippen LogP contribution in [0.1, 0.15) is 19.4 Å². The van der Waals surface area contributed by atoms with Crippen LogP contribution in [0.3, 0.4) is 0 Å². The van der Waals surface area contributed by atoms with Crippen LogP contribution >= 0.6 is 15.9 Å². The molecule has 1 unspecified atom stereocenters. The van der Waals surface area contributed by atoms with Gasteiger partial charge in [-0.3, -0.25) is 4.79 Å². The van der Waals surface area contributed by atoms with Crippen molar-refractivity contribution in [3.8, 4) is 11.5 Å². The fourth-order valence-corrected chi connectivity index (χ4v) is 2.35. The van der Waals surface area contributed by atoms with Crippen LogP contribution in [0.5, 0.6) is 11.5 Å². The zero-order valence-electron chi connectivity index (χ0n) is 12.2. The van der Waals surface area contributed by atoms with E-state index in [2.05, 4.69) is 21.2 Å². The number of ether oxygens (including phenoxy) is 3. The molecule has 0 bridgehead atoms. The summed E-state index contributed by atoms with van der Waals surface area (Å²) in [5.74, 6) is 1.03. The van der Waals surface area contributed by atoms with Crippen LogP contribution in [-0.2, 0) is 16.1 Å². The third-order valence-corrected chi connectivity index (χ3v) is 3.33. The van der Waals surface area contributed by atoms with Gasteiger partial charge in [0.05, 0.1) is 25.3 Å². The van der Waals surface area contributed by atoms with E-state index in [1.165, 1.54) is 0 Å². The van der Waals surface area contributed by atoms with E-state index in [0.717, 1.165) is 10.0 Å². The zero-order chi connectivity index (χ0) is 15.1. The summed E-state index contributed by atoms with van der Waals surface area (Å²) in [6.45, 7) is 4.47. The van der Waals surface area contributed by atoms with Gasteiger partial charge in [0.2, 0.25) is 0 Å². The summed E-state index contributed by atoms with van der Waals surface area (Å²) in [6.07, 6.45) is 0. The molecular formula is C14H20BrNO4. The predicted molar refractivity (Wildman–Crippen MR) is 80.2 cm³/mol. The van der Waals surface area contributed by atoms with Crippen LogP contribution in [0, 0.1) is 0 Å². The number of benzene rings is 1.